The van der Waals surface area contributed by atoms with E-state index >= 15 is 0 Å². The van der Waals surface area contributed by atoms with E-state index in [4.69, 9.17) is 14.7 Å². The van der Waals surface area contributed by atoms with Gasteiger partial charge in [-0.25, -0.2) is 9.97 Å². The third-order valence-corrected chi connectivity index (χ3v) is 4.07. The molecule has 0 atom stereocenters. The number of amides is 1. The van der Waals surface area contributed by atoms with Crippen LogP contribution in [-0.2, 0) is 6.54 Å². The van der Waals surface area contributed by atoms with E-state index in [1.54, 1.807) is 50.6 Å². The number of nitriles is 1. The van der Waals surface area contributed by atoms with Gasteiger partial charge in [0.25, 0.3) is 5.91 Å². The average molecular weight is 389 g/mol. The van der Waals surface area contributed by atoms with Crippen LogP contribution in [0.3, 0.4) is 0 Å². The second-order valence-corrected chi connectivity index (χ2v) is 5.97. The monoisotopic (exact) mass is 389 g/mol. The number of methoxy groups -OCH3 is 2. The van der Waals surface area contributed by atoms with Gasteiger partial charge in [-0.3, -0.25) is 4.79 Å². The van der Waals surface area contributed by atoms with Gasteiger partial charge in [0.05, 0.1) is 38.2 Å². The summed E-state index contributed by atoms with van der Waals surface area (Å²) in [6.07, 6.45) is 2.87. The summed E-state index contributed by atoms with van der Waals surface area (Å²) < 4.78 is 10.5. The van der Waals surface area contributed by atoms with Crippen LogP contribution in [0.15, 0.2) is 54.9 Å². The first-order valence-electron chi connectivity index (χ1n) is 8.71. The van der Waals surface area contributed by atoms with E-state index in [0.717, 1.165) is 11.3 Å². The number of carbonyl (C=O) groups is 1. The van der Waals surface area contributed by atoms with E-state index in [-0.39, 0.29) is 11.6 Å². The molecule has 29 heavy (non-hydrogen) atoms. The first-order chi connectivity index (χ1) is 14.1. The highest BCUT2D eigenvalue weighted by atomic mass is 16.5. The van der Waals surface area contributed by atoms with Crippen LogP contribution in [0.2, 0.25) is 0 Å². The molecule has 3 aromatic rings. The number of aromatic nitrogens is 2. The summed E-state index contributed by atoms with van der Waals surface area (Å²) in [5, 5.41) is 14.7. The molecule has 0 unspecified atom stereocenters. The molecule has 0 bridgehead atoms. The Morgan fingerprint density at radius 2 is 1.79 bits per heavy atom. The van der Waals surface area contributed by atoms with Crippen molar-refractivity contribution >= 4 is 17.4 Å². The molecule has 2 aromatic carbocycles. The van der Waals surface area contributed by atoms with E-state index in [1.165, 1.54) is 12.4 Å². The molecule has 0 radical (unpaired) electrons. The SMILES string of the molecule is COc1ccc(CNC(=O)c2cnc(Nc3ccc(C#N)cc3)cn2)cc1OC. The fourth-order valence-corrected chi connectivity index (χ4v) is 2.55. The van der Waals surface area contributed by atoms with Crippen molar-refractivity contribution in [3.8, 4) is 17.6 Å². The summed E-state index contributed by atoms with van der Waals surface area (Å²) in [7, 11) is 3.13. The Kier molecular flexibility index (Phi) is 6.22. The quantitative estimate of drug-likeness (QED) is 0.639. The Hall–Kier alpha value is -4.12. The van der Waals surface area contributed by atoms with Crippen LogP contribution < -0.4 is 20.1 Å². The molecular weight excluding hydrogens is 370 g/mol. The summed E-state index contributed by atoms with van der Waals surface area (Å²) in [5.41, 5.74) is 2.41. The molecule has 0 spiro atoms. The Balaban J connectivity index is 1.59. The van der Waals surface area contributed by atoms with E-state index in [2.05, 4.69) is 26.7 Å². The molecule has 1 amide bonds. The highest BCUT2D eigenvalue weighted by molar-refractivity contribution is 5.92. The van der Waals surface area contributed by atoms with Crippen molar-refractivity contribution < 1.29 is 14.3 Å². The van der Waals surface area contributed by atoms with Gasteiger partial charge >= 0.3 is 0 Å². The molecule has 8 heteroatoms. The molecule has 0 saturated carbocycles. The maximum Gasteiger partial charge on any atom is 0.271 e. The lowest BCUT2D eigenvalue weighted by Crippen LogP contribution is -2.24. The second-order valence-electron chi connectivity index (χ2n) is 5.97. The molecule has 1 aromatic heterocycles. The zero-order chi connectivity index (χ0) is 20.6. The van der Waals surface area contributed by atoms with E-state index in [0.29, 0.717) is 29.4 Å². The van der Waals surface area contributed by atoms with Crippen LogP contribution in [0.5, 0.6) is 11.5 Å². The van der Waals surface area contributed by atoms with Crippen LogP contribution in [0.1, 0.15) is 21.6 Å². The zero-order valence-electron chi connectivity index (χ0n) is 16.0. The van der Waals surface area contributed by atoms with Crippen molar-refractivity contribution in [2.45, 2.75) is 6.54 Å². The fraction of sp³-hybridized carbons (Fsp3) is 0.143. The molecule has 8 nitrogen and oxygen atoms in total. The summed E-state index contributed by atoms with van der Waals surface area (Å²) >= 11 is 0. The van der Waals surface area contributed by atoms with Gasteiger partial charge in [0.1, 0.15) is 11.5 Å². The van der Waals surface area contributed by atoms with Crippen molar-refractivity contribution in [3.63, 3.8) is 0 Å². The standard InChI is InChI=1S/C21H19N5O3/c1-28-18-8-5-15(9-19(18)29-2)11-25-21(27)17-12-24-20(13-23-17)26-16-6-3-14(10-22)4-7-16/h3-9,12-13H,11H2,1-2H3,(H,24,26)(H,25,27). The second kappa shape index (κ2) is 9.19. The highest BCUT2D eigenvalue weighted by Crippen LogP contribution is 2.27. The van der Waals surface area contributed by atoms with E-state index in [1.807, 2.05) is 6.07 Å². The first kappa shape index (κ1) is 19.6. The third-order valence-electron chi connectivity index (χ3n) is 4.07. The van der Waals surface area contributed by atoms with E-state index in [9.17, 15) is 4.79 Å². The Labute approximate surface area is 168 Å². The van der Waals surface area contributed by atoms with Crippen molar-refractivity contribution in [2.24, 2.45) is 0 Å². The topological polar surface area (TPSA) is 109 Å². The number of nitrogens with zero attached hydrogens (tertiary/aromatic N) is 3. The van der Waals surface area contributed by atoms with Crippen LogP contribution in [0, 0.1) is 11.3 Å². The van der Waals surface area contributed by atoms with Crippen LogP contribution in [-0.4, -0.2) is 30.1 Å². The van der Waals surface area contributed by atoms with Crippen LogP contribution in [0.25, 0.3) is 0 Å². The number of benzene rings is 2. The lowest BCUT2D eigenvalue weighted by atomic mass is 10.2. The van der Waals surface area contributed by atoms with Gasteiger partial charge in [0.15, 0.2) is 11.5 Å². The Morgan fingerprint density at radius 3 is 2.41 bits per heavy atom. The average Bonchev–Trinajstić information content (AvgIpc) is 2.78. The van der Waals surface area contributed by atoms with Crippen molar-refractivity contribution in [2.75, 3.05) is 19.5 Å². The van der Waals surface area contributed by atoms with Gasteiger partial charge in [-0.05, 0) is 42.0 Å². The summed E-state index contributed by atoms with van der Waals surface area (Å²) in [5.74, 6) is 1.37. The molecule has 0 aliphatic carbocycles. The van der Waals surface area contributed by atoms with Gasteiger partial charge in [-0.15, -0.1) is 0 Å². The minimum atomic E-state index is -0.336. The smallest absolute Gasteiger partial charge is 0.271 e. The summed E-state index contributed by atoms with van der Waals surface area (Å²) in [6, 6.07) is 14.4. The molecular formula is C21H19N5O3. The minimum Gasteiger partial charge on any atom is -0.493 e. The number of hydrogen-bond acceptors (Lipinski definition) is 7. The summed E-state index contributed by atoms with van der Waals surface area (Å²) in [6.45, 7) is 0.312. The molecule has 2 N–H and O–H groups in total. The normalized spacial score (nSPS) is 9.97. The highest BCUT2D eigenvalue weighted by Gasteiger charge is 2.10. The third kappa shape index (κ3) is 4.99. The number of hydrogen-bond donors (Lipinski definition) is 2. The maximum absolute atomic E-state index is 12.3. The predicted molar refractivity (Wildman–Crippen MR) is 107 cm³/mol. The van der Waals surface area contributed by atoms with Gasteiger partial charge in [0, 0.05) is 12.2 Å². The molecule has 146 valence electrons. The minimum absolute atomic E-state index is 0.204. The largest absolute Gasteiger partial charge is 0.493 e. The van der Waals surface area contributed by atoms with Crippen molar-refractivity contribution in [1.29, 1.82) is 5.26 Å². The molecule has 0 saturated heterocycles. The number of carbonyl (C=O) groups excluding carboxylic acids is 1. The fourth-order valence-electron chi connectivity index (χ4n) is 2.55. The van der Waals surface area contributed by atoms with Gasteiger partial charge < -0.3 is 20.1 Å². The molecule has 3 rings (SSSR count). The van der Waals surface area contributed by atoms with E-state index < -0.39 is 0 Å². The predicted octanol–water partition coefficient (Wildman–Crippen LogP) is 3.04. The van der Waals surface area contributed by atoms with Crippen molar-refractivity contribution in [1.82, 2.24) is 15.3 Å². The zero-order valence-corrected chi connectivity index (χ0v) is 16.0. The van der Waals surface area contributed by atoms with Crippen molar-refractivity contribution in [3.05, 3.63) is 71.7 Å². The maximum atomic E-state index is 12.3. The number of nitrogens with one attached hydrogen (secondary N) is 2. The number of rotatable bonds is 7. The molecule has 0 aliphatic rings. The lowest BCUT2D eigenvalue weighted by molar-refractivity contribution is 0.0945. The molecule has 0 fully saturated rings. The number of anilines is 2. The molecule has 0 aliphatic heterocycles. The lowest BCUT2D eigenvalue weighted by Gasteiger charge is -2.10. The number of ether oxygens (including phenoxy) is 2. The van der Waals surface area contributed by atoms with Gasteiger partial charge in [-0.1, -0.05) is 6.07 Å². The van der Waals surface area contributed by atoms with Crippen LogP contribution >= 0.6 is 0 Å². The van der Waals surface area contributed by atoms with Gasteiger partial charge in [0.2, 0.25) is 0 Å². The van der Waals surface area contributed by atoms with Gasteiger partial charge in [-0.2, -0.15) is 5.26 Å². The van der Waals surface area contributed by atoms with Crippen LogP contribution in [0.4, 0.5) is 11.5 Å². The Bertz CT molecular complexity index is 1030. The Morgan fingerprint density at radius 1 is 1.03 bits per heavy atom. The summed E-state index contributed by atoms with van der Waals surface area (Å²) in [4.78, 5) is 20.7. The first-order valence-corrected chi connectivity index (χ1v) is 8.71. The molecule has 1 heterocycles.